The van der Waals surface area contributed by atoms with Gasteiger partial charge in [0.25, 0.3) is 5.91 Å². The highest BCUT2D eigenvalue weighted by Gasteiger charge is 2.07. The van der Waals surface area contributed by atoms with Crippen molar-refractivity contribution in [1.29, 1.82) is 0 Å². The summed E-state index contributed by atoms with van der Waals surface area (Å²) in [4.78, 5) is 20.5. The van der Waals surface area contributed by atoms with Crippen LogP contribution < -0.4 is 15.4 Å². The summed E-state index contributed by atoms with van der Waals surface area (Å²) in [5, 5.41) is 6.03. The fraction of sp³-hybridized carbons (Fsp3) is 0.421. The molecule has 25 heavy (non-hydrogen) atoms. The lowest BCUT2D eigenvalue weighted by Crippen LogP contribution is -2.26. The van der Waals surface area contributed by atoms with Crippen molar-refractivity contribution in [2.24, 2.45) is 5.92 Å². The molecule has 0 spiro atoms. The number of hydrogen-bond acceptors (Lipinski definition) is 5. The van der Waals surface area contributed by atoms with Gasteiger partial charge in [-0.25, -0.2) is 9.97 Å². The number of carbonyl (C=O) groups is 1. The minimum absolute atomic E-state index is 0.170. The summed E-state index contributed by atoms with van der Waals surface area (Å²) in [5.41, 5.74) is 1.57. The van der Waals surface area contributed by atoms with E-state index in [4.69, 9.17) is 4.74 Å². The van der Waals surface area contributed by atoms with Gasteiger partial charge in [0.1, 0.15) is 5.75 Å². The molecule has 0 saturated heterocycles. The summed E-state index contributed by atoms with van der Waals surface area (Å²) in [6.07, 6.45) is 4.88. The van der Waals surface area contributed by atoms with Crippen molar-refractivity contribution in [3.8, 4) is 5.75 Å². The molecule has 0 unspecified atom stereocenters. The summed E-state index contributed by atoms with van der Waals surface area (Å²) >= 11 is 0. The molecule has 0 saturated carbocycles. The van der Waals surface area contributed by atoms with Gasteiger partial charge in [0.15, 0.2) is 0 Å². The van der Waals surface area contributed by atoms with E-state index >= 15 is 0 Å². The molecule has 1 aromatic carbocycles. The van der Waals surface area contributed by atoms with Crippen molar-refractivity contribution in [3.63, 3.8) is 0 Å². The normalized spacial score (nSPS) is 10.6. The Morgan fingerprint density at radius 1 is 1.20 bits per heavy atom. The van der Waals surface area contributed by atoms with Gasteiger partial charge in [-0.3, -0.25) is 4.79 Å². The lowest BCUT2D eigenvalue weighted by Gasteiger charge is -2.08. The van der Waals surface area contributed by atoms with Gasteiger partial charge in [-0.15, -0.1) is 0 Å². The average Bonchev–Trinajstić information content (AvgIpc) is 2.62. The van der Waals surface area contributed by atoms with Crippen LogP contribution in [-0.2, 0) is 6.42 Å². The quantitative estimate of drug-likeness (QED) is 0.733. The van der Waals surface area contributed by atoms with Crippen molar-refractivity contribution in [1.82, 2.24) is 15.3 Å². The van der Waals surface area contributed by atoms with Crippen LogP contribution in [0.4, 0.5) is 5.95 Å². The zero-order valence-corrected chi connectivity index (χ0v) is 15.1. The smallest absolute Gasteiger partial charge is 0.254 e. The molecular formula is C19H26N4O2. The van der Waals surface area contributed by atoms with Gasteiger partial charge >= 0.3 is 0 Å². The van der Waals surface area contributed by atoms with Gasteiger partial charge < -0.3 is 15.4 Å². The Morgan fingerprint density at radius 2 is 1.96 bits per heavy atom. The molecule has 1 amide bonds. The molecule has 1 heterocycles. The Kier molecular flexibility index (Phi) is 7.19. The molecule has 2 aromatic rings. The van der Waals surface area contributed by atoms with Crippen LogP contribution in [0, 0.1) is 5.92 Å². The second kappa shape index (κ2) is 9.61. The molecule has 0 aliphatic heterocycles. The van der Waals surface area contributed by atoms with Crippen LogP contribution in [0.3, 0.4) is 0 Å². The number of ether oxygens (including phenoxy) is 1. The van der Waals surface area contributed by atoms with Crippen LogP contribution in [0.25, 0.3) is 0 Å². The SMILES string of the molecule is COc1cccc(CCNC(=O)c2cnc(NCCC(C)C)nc2)c1. The number of amides is 1. The summed E-state index contributed by atoms with van der Waals surface area (Å²) in [7, 11) is 1.64. The Morgan fingerprint density at radius 3 is 2.64 bits per heavy atom. The van der Waals surface area contributed by atoms with E-state index in [1.54, 1.807) is 19.5 Å². The van der Waals surface area contributed by atoms with E-state index in [9.17, 15) is 4.79 Å². The Labute approximate surface area is 149 Å². The molecule has 0 aliphatic carbocycles. The molecule has 2 N–H and O–H groups in total. The topological polar surface area (TPSA) is 76.1 Å². The molecule has 0 aliphatic rings. The first-order valence-corrected chi connectivity index (χ1v) is 8.55. The maximum atomic E-state index is 12.1. The zero-order valence-electron chi connectivity index (χ0n) is 15.1. The van der Waals surface area contributed by atoms with Crippen LogP contribution in [0.1, 0.15) is 36.2 Å². The molecule has 0 fully saturated rings. The third-order valence-corrected chi connectivity index (χ3v) is 3.75. The number of benzene rings is 1. The average molecular weight is 342 g/mol. The monoisotopic (exact) mass is 342 g/mol. The molecule has 6 nitrogen and oxygen atoms in total. The number of methoxy groups -OCH3 is 1. The Balaban J connectivity index is 1.78. The highest BCUT2D eigenvalue weighted by molar-refractivity contribution is 5.93. The van der Waals surface area contributed by atoms with E-state index in [-0.39, 0.29) is 5.91 Å². The number of aromatic nitrogens is 2. The molecule has 0 radical (unpaired) electrons. The summed E-state index contributed by atoms with van der Waals surface area (Å²) < 4.78 is 5.19. The molecule has 2 rings (SSSR count). The third kappa shape index (κ3) is 6.41. The van der Waals surface area contributed by atoms with Crippen molar-refractivity contribution >= 4 is 11.9 Å². The highest BCUT2D eigenvalue weighted by Crippen LogP contribution is 2.12. The molecule has 0 atom stereocenters. The summed E-state index contributed by atoms with van der Waals surface area (Å²) in [6, 6.07) is 7.81. The number of hydrogen-bond donors (Lipinski definition) is 2. The minimum atomic E-state index is -0.170. The first-order valence-electron chi connectivity index (χ1n) is 8.55. The highest BCUT2D eigenvalue weighted by atomic mass is 16.5. The first-order chi connectivity index (χ1) is 12.1. The van der Waals surface area contributed by atoms with E-state index in [1.165, 1.54) is 0 Å². The predicted molar refractivity (Wildman–Crippen MR) is 99.0 cm³/mol. The number of nitrogens with one attached hydrogen (secondary N) is 2. The maximum Gasteiger partial charge on any atom is 0.254 e. The van der Waals surface area contributed by atoms with Gasteiger partial charge in [-0.1, -0.05) is 26.0 Å². The van der Waals surface area contributed by atoms with E-state index in [1.807, 2.05) is 24.3 Å². The number of carbonyl (C=O) groups excluding carboxylic acids is 1. The second-order valence-electron chi connectivity index (χ2n) is 6.26. The van der Waals surface area contributed by atoms with Crippen molar-refractivity contribution < 1.29 is 9.53 Å². The van der Waals surface area contributed by atoms with Crippen LogP contribution in [0.5, 0.6) is 5.75 Å². The van der Waals surface area contributed by atoms with Gasteiger partial charge in [-0.05, 0) is 36.5 Å². The lowest BCUT2D eigenvalue weighted by atomic mass is 10.1. The van der Waals surface area contributed by atoms with Gasteiger partial charge in [0.05, 0.1) is 12.7 Å². The predicted octanol–water partition coefficient (Wildman–Crippen LogP) is 2.92. The largest absolute Gasteiger partial charge is 0.497 e. The summed E-state index contributed by atoms with van der Waals surface area (Å²) in [6.45, 7) is 5.70. The van der Waals surface area contributed by atoms with Gasteiger partial charge in [0.2, 0.25) is 5.95 Å². The van der Waals surface area contributed by atoms with Gasteiger partial charge in [0, 0.05) is 25.5 Å². The van der Waals surface area contributed by atoms with Crippen LogP contribution in [0.15, 0.2) is 36.7 Å². The van der Waals surface area contributed by atoms with Crippen molar-refractivity contribution in [2.45, 2.75) is 26.7 Å². The molecule has 6 heteroatoms. The second-order valence-corrected chi connectivity index (χ2v) is 6.26. The fourth-order valence-corrected chi connectivity index (χ4v) is 2.26. The molecule has 134 valence electrons. The van der Waals surface area contributed by atoms with Crippen molar-refractivity contribution in [3.05, 3.63) is 47.8 Å². The van der Waals surface area contributed by atoms with E-state index < -0.39 is 0 Å². The van der Waals surface area contributed by atoms with E-state index in [0.29, 0.717) is 24.0 Å². The summed E-state index contributed by atoms with van der Waals surface area (Å²) in [5.74, 6) is 1.82. The fourth-order valence-electron chi connectivity index (χ4n) is 2.26. The van der Waals surface area contributed by atoms with E-state index in [0.717, 1.165) is 30.7 Å². The first kappa shape index (κ1) is 18.7. The molecule has 1 aromatic heterocycles. The number of nitrogens with zero attached hydrogens (tertiary/aromatic N) is 2. The number of anilines is 1. The standard InChI is InChI=1S/C19H26N4O2/c1-14(2)7-9-21-19-22-12-16(13-23-19)18(24)20-10-8-15-5-4-6-17(11-15)25-3/h4-6,11-14H,7-10H2,1-3H3,(H,20,24)(H,21,22,23). The zero-order chi connectivity index (χ0) is 18.1. The maximum absolute atomic E-state index is 12.1. The lowest BCUT2D eigenvalue weighted by molar-refractivity contribution is 0.0953. The molecular weight excluding hydrogens is 316 g/mol. The third-order valence-electron chi connectivity index (χ3n) is 3.75. The van der Waals surface area contributed by atoms with Crippen LogP contribution in [-0.4, -0.2) is 36.1 Å². The Bertz CT molecular complexity index is 671. The Hall–Kier alpha value is -2.63. The minimum Gasteiger partial charge on any atom is -0.497 e. The van der Waals surface area contributed by atoms with Gasteiger partial charge in [-0.2, -0.15) is 0 Å². The van der Waals surface area contributed by atoms with Crippen molar-refractivity contribution in [2.75, 3.05) is 25.5 Å². The van der Waals surface area contributed by atoms with E-state index in [2.05, 4.69) is 34.4 Å². The molecule has 0 bridgehead atoms. The van der Waals surface area contributed by atoms with Crippen LogP contribution in [0.2, 0.25) is 0 Å². The number of rotatable bonds is 9. The van der Waals surface area contributed by atoms with Crippen LogP contribution >= 0.6 is 0 Å².